The van der Waals surface area contributed by atoms with Crippen LogP contribution < -0.4 is 4.90 Å². The zero-order valence-electron chi connectivity index (χ0n) is 16.9. The number of rotatable bonds is 4. The average Bonchev–Trinajstić information content (AvgIpc) is 3.17. The molecule has 0 radical (unpaired) electrons. The van der Waals surface area contributed by atoms with Crippen molar-refractivity contribution in [3.63, 3.8) is 0 Å². The first-order valence-electron chi connectivity index (χ1n) is 9.72. The zero-order chi connectivity index (χ0) is 22.4. The van der Waals surface area contributed by atoms with Crippen LogP contribution in [0.2, 0.25) is 0 Å². The summed E-state index contributed by atoms with van der Waals surface area (Å²) < 4.78 is 67.2. The predicted molar refractivity (Wildman–Crippen MR) is 107 cm³/mol. The van der Waals surface area contributed by atoms with E-state index in [1.165, 1.54) is 10.4 Å². The molecule has 3 heterocycles. The highest BCUT2D eigenvalue weighted by molar-refractivity contribution is 7.89. The fourth-order valence-corrected chi connectivity index (χ4v) is 4.88. The maximum absolute atomic E-state index is 13.1. The van der Waals surface area contributed by atoms with Crippen LogP contribution in [0.4, 0.5) is 19.0 Å². The van der Waals surface area contributed by atoms with Crippen LogP contribution in [0.1, 0.15) is 31.2 Å². The Kier molecular flexibility index (Phi) is 5.38. The Morgan fingerprint density at radius 3 is 2.16 bits per heavy atom. The summed E-state index contributed by atoms with van der Waals surface area (Å²) in [5.74, 6) is -0.597. The van der Waals surface area contributed by atoms with Gasteiger partial charge in [0.1, 0.15) is 5.82 Å². The minimum Gasteiger partial charge on any atom is -0.353 e. The first kappa shape index (κ1) is 21.5. The summed E-state index contributed by atoms with van der Waals surface area (Å²) in [5, 5.41) is 10.7. The highest BCUT2D eigenvalue weighted by Crippen LogP contribution is 2.28. The quantitative estimate of drug-likeness (QED) is 0.603. The highest BCUT2D eigenvalue weighted by Gasteiger charge is 2.38. The Morgan fingerprint density at radius 1 is 0.935 bits per heavy atom. The number of nitrogens with zero attached hydrogens (tertiary/aromatic N) is 6. The van der Waals surface area contributed by atoms with Crippen molar-refractivity contribution in [2.75, 3.05) is 31.1 Å². The van der Waals surface area contributed by atoms with E-state index in [4.69, 9.17) is 0 Å². The summed E-state index contributed by atoms with van der Waals surface area (Å²) in [5.41, 5.74) is 1.04. The Morgan fingerprint density at radius 2 is 1.58 bits per heavy atom. The highest BCUT2D eigenvalue weighted by atomic mass is 32.2. The Hall–Kier alpha value is -2.73. The van der Waals surface area contributed by atoms with Crippen LogP contribution in [0, 0.1) is 0 Å². The number of hydrogen-bond donors (Lipinski definition) is 0. The first-order valence-corrected chi connectivity index (χ1v) is 11.2. The molecule has 0 amide bonds. The molecule has 1 saturated heterocycles. The van der Waals surface area contributed by atoms with Crippen molar-refractivity contribution in [2.45, 2.75) is 30.8 Å². The van der Waals surface area contributed by atoms with Crippen molar-refractivity contribution in [2.24, 2.45) is 0 Å². The largest absolute Gasteiger partial charge is 0.453 e. The molecule has 1 fully saturated rings. The van der Waals surface area contributed by atoms with Gasteiger partial charge in [-0.3, -0.25) is 0 Å². The van der Waals surface area contributed by atoms with Gasteiger partial charge in [0.25, 0.3) is 5.82 Å². The van der Waals surface area contributed by atoms with Crippen LogP contribution in [0.5, 0.6) is 0 Å². The molecule has 0 bridgehead atoms. The van der Waals surface area contributed by atoms with Gasteiger partial charge in [-0.1, -0.05) is 26.0 Å². The summed E-state index contributed by atoms with van der Waals surface area (Å²) in [6.07, 6.45) is -4.68. The number of fused-ring (bicyclic) bond motifs is 1. The lowest BCUT2D eigenvalue weighted by atomic mass is 10.0. The van der Waals surface area contributed by atoms with Crippen LogP contribution in [0.15, 0.2) is 41.3 Å². The van der Waals surface area contributed by atoms with E-state index in [2.05, 4.69) is 15.3 Å². The molecular weight excluding hydrogens is 433 g/mol. The Balaban J connectivity index is 1.50. The number of alkyl halides is 3. The smallest absolute Gasteiger partial charge is 0.353 e. The van der Waals surface area contributed by atoms with Gasteiger partial charge < -0.3 is 4.90 Å². The molecule has 1 aliphatic rings. The fraction of sp³-hybridized carbons (Fsp3) is 0.421. The van der Waals surface area contributed by atoms with Gasteiger partial charge in [-0.2, -0.15) is 22.0 Å². The summed E-state index contributed by atoms with van der Waals surface area (Å²) in [4.78, 5) is 1.97. The van der Waals surface area contributed by atoms with E-state index in [0.717, 1.165) is 5.56 Å². The maximum atomic E-state index is 13.1. The van der Waals surface area contributed by atoms with Crippen LogP contribution >= 0.6 is 0 Å². The lowest BCUT2D eigenvalue weighted by molar-refractivity contribution is -0.146. The van der Waals surface area contributed by atoms with Gasteiger partial charge in [-0.05, 0) is 35.7 Å². The summed E-state index contributed by atoms with van der Waals surface area (Å²) in [6.45, 7) is 5.05. The standard InChI is InChI=1S/C19H21F3N6O2S/c1-13(2)14-3-5-15(6-4-14)31(29,30)27-11-9-26(10-12-27)17-8-7-16-23-24-18(19(20,21)22)28(16)25-17/h3-8,13H,9-12H2,1-2H3. The third kappa shape index (κ3) is 4.09. The van der Waals surface area contributed by atoms with Gasteiger partial charge >= 0.3 is 6.18 Å². The third-order valence-corrected chi connectivity index (χ3v) is 7.16. The molecule has 4 rings (SSSR count). The van der Waals surface area contributed by atoms with Crippen LogP contribution in [0.25, 0.3) is 5.65 Å². The van der Waals surface area contributed by atoms with Crippen molar-refractivity contribution in [3.05, 3.63) is 47.8 Å². The molecule has 0 spiro atoms. The number of benzene rings is 1. The van der Waals surface area contributed by atoms with Crippen molar-refractivity contribution >= 4 is 21.5 Å². The van der Waals surface area contributed by atoms with Gasteiger partial charge in [0, 0.05) is 26.2 Å². The fourth-order valence-electron chi connectivity index (χ4n) is 3.46. The topological polar surface area (TPSA) is 83.7 Å². The molecule has 2 aromatic heterocycles. The van der Waals surface area contributed by atoms with E-state index >= 15 is 0 Å². The van der Waals surface area contributed by atoms with E-state index in [1.807, 2.05) is 26.0 Å². The van der Waals surface area contributed by atoms with Crippen LogP contribution in [-0.2, 0) is 16.2 Å². The molecule has 3 aromatic rings. The van der Waals surface area contributed by atoms with Gasteiger partial charge in [0.05, 0.1) is 4.90 Å². The monoisotopic (exact) mass is 454 g/mol. The average molecular weight is 454 g/mol. The normalized spacial score (nSPS) is 16.4. The van der Waals surface area contributed by atoms with Crippen LogP contribution in [0.3, 0.4) is 0 Å². The van der Waals surface area contributed by atoms with Gasteiger partial charge in [-0.25, -0.2) is 8.42 Å². The number of piperazine rings is 1. The second kappa shape index (κ2) is 7.75. The lowest BCUT2D eigenvalue weighted by Crippen LogP contribution is -2.49. The molecule has 0 saturated carbocycles. The van der Waals surface area contributed by atoms with E-state index in [9.17, 15) is 21.6 Å². The van der Waals surface area contributed by atoms with E-state index < -0.39 is 22.0 Å². The molecule has 31 heavy (non-hydrogen) atoms. The SMILES string of the molecule is CC(C)c1ccc(S(=O)(=O)N2CCN(c3ccc4nnc(C(F)(F)F)n4n3)CC2)cc1. The van der Waals surface area contributed by atoms with Gasteiger partial charge in [0.15, 0.2) is 5.65 Å². The molecule has 166 valence electrons. The Bertz CT molecular complexity index is 1180. The molecule has 0 unspecified atom stereocenters. The number of anilines is 1. The van der Waals surface area contributed by atoms with Crippen molar-refractivity contribution in [1.82, 2.24) is 24.1 Å². The molecule has 1 aliphatic heterocycles. The Labute approximate surface area is 177 Å². The minimum atomic E-state index is -4.68. The van der Waals surface area contributed by atoms with Crippen molar-refractivity contribution < 1.29 is 21.6 Å². The third-order valence-electron chi connectivity index (χ3n) is 5.25. The minimum absolute atomic E-state index is 0.0119. The van der Waals surface area contributed by atoms with Crippen LogP contribution in [-0.4, -0.2) is 58.7 Å². The molecular formula is C19H21F3N6O2S. The first-order chi connectivity index (χ1) is 14.6. The molecule has 12 heteroatoms. The van der Waals surface area contributed by atoms with E-state index in [-0.39, 0.29) is 23.6 Å². The molecule has 0 aliphatic carbocycles. The van der Waals surface area contributed by atoms with E-state index in [0.29, 0.717) is 29.3 Å². The number of aromatic nitrogens is 4. The number of hydrogen-bond acceptors (Lipinski definition) is 6. The zero-order valence-corrected chi connectivity index (χ0v) is 17.7. The van der Waals surface area contributed by atoms with Crippen molar-refractivity contribution in [1.29, 1.82) is 0 Å². The summed E-state index contributed by atoms with van der Waals surface area (Å²) in [7, 11) is -3.65. The molecule has 1 aromatic carbocycles. The second-order valence-corrected chi connectivity index (χ2v) is 9.54. The van der Waals surface area contributed by atoms with Gasteiger partial charge in [0.2, 0.25) is 10.0 Å². The summed E-state index contributed by atoms with van der Waals surface area (Å²) in [6, 6.07) is 9.80. The van der Waals surface area contributed by atoms with E-state index in [1.54, 1.807) is 23.1 Å². The maximum Gasteiger partial charge on any atom is 0.453 e. The molecule has 0 N–H and O–H groups in total. The van der Waals surface area contributed by atoms with Crippen molar-refractivity contribution in [3.8, 4) is 0 Å². The molecule has 8 nitrogen and oxygen atoms in total. The van der Waals surface area contributed by atoms with Gasteiger partial charge in [-0.15, -0.1) is 15.3 Å². The summed E-state index contributed by atoms with van der Waals surface area (Å²) >= 11 is 0. The number of halogens is 3. The molecule has 0 atom stereocenters. The second-order valence-electron chi connectivity index (χ2n) is 7.60. The lowest BCUT2D eigenvalue weighted by Gasteiger charge is -2.34. The predicted octanol–water partition coefficient (Wildman–Crippen LogP) is 2.78. The number of sulfonamides is 1.